The summed E-state index contributed by atoms with van der Waals surface area (Å²) < 4.78 is 43.7. The summed E-state index contributed by atoms with van der Waals surface area (Å²) in [4.78, 5) is 12.0. The third kappa shape index (κ3) is 12.2. The molecule has 0 rings (SSSR count). The summed E-state index contributed by atoms with van der Waals surface area (Å²) in [6.45, 7) is 4.26. The molecule has 6 heteroatoms. The Morgan fingerprint density at radius 1 is 0.880 bits per heavy atom. The molecule has 2 N–H and O–H groups in total. The van der Waals surface area contributed by atoms with Crippen molar-refractivity contribution in [3.63, 3.8) is 0 Å². The van der Waals surface area contributed by atoms with Crippen LogP contribution in [-0.2, 0) is 9.53 Å². The van der Waals surface area contributed by atoms with E-state index in [9.17, 15) is 18.0 Å². The summed E-state index contributed by atoms with van der Waals surface area (Å²) >= 11 is 0. The molecule has 0 aliphatic rings. The number of esters is 1. The van der Waals surface area contributed by atoms with Crippen molar-refractivity contribution >= 4 is 5.97 Å². The molecule has 0 spiro atoms. The third-order valence-corrected chi connectivity index (χ3v) is 4.48. The maximum Gasteiger partial charge on any atom is 0.404 e. The van der Waals surface area contributed by atoms with E-state index in [4.69, 9.17) is 10.5 Å². The summed E-state index contributed by atoms with van der Waals surface area (Å²) in [5.74, 6) is -2.10. The highest BCUT2D eigenvalue weighted by Crippen LogP contribution is 2.28. The summed E-state index contributed by atoms with van der Waals surface area (Å²) in [6, 6.07) is -2.14. The van der Waals surface area contributed by atoms with Crippen molar-refractivity contribution in [1.29, 1.82) is 0 Å². The van der Waals surface area contributed by atoms with E-state index in [0.717, 1.165) is 25.7 Å². The topological polar surface area (TPSA) is 52.3 Å². The lowest BCUT2D eigenvalue weighted by Gasteiger charge is -2.24. The van der Waals surface area contributed by atoms with Gasteiger partial charge in [-0.05, 0) is 12.8 Å². The second kappa shape index (κ2) is 14.4. The Labute approximate surface area is 150 Å². The zero-order valence-corrected chi connectivity index (χ0v) is 15.9. The second-order valence-corrected chi connectivity index (χ2v) is 6.81. The fraction of sp³-hybridized carbons (Fsp3) is 0.947. The maximum absolute atomic E-state index is 12.9. The Hall–Kier alpha value is -0.780. The first-order valence-electron chi connectivity index (χ1n) is 9.83. The van der Waals surface area contributed by atoms with Gasteiger partial charge < -0.3 is 10.5 Å². The predicted octanol–water partition coefficient (Wildman–Crippen LogP) is 5.76. The lowest BCUT2D eigenvalue weighted by atomic mass is 9.93. The van der Waals surface area contributed by atoms with Crippen molar-refractivity contribution in [3.05, 3.63) is 0 Å². The van der Waals surface area contributed by atoms with E-state index in [1.54, 1.807) is 0 Å². The van der Waals surface area contributed by atoms with Crippen LogP contribution in [0.4, 0.5) is 13.2 Å². The van der Waals surface area contributed by atoms with Crippen LogP contribution in [0.1, 0.15) is 90.9 Å². The number of hydrogen-bond donors (Lipinski definition) is 1. The zero-order chi connectivity index (χ0) is 19.1. The highest BCUT2D eigenvalue weighted by Gasteiger charge is 2.45. The first kappa shape index (κ1) is 24.2. The highest BCUT2D eigenvalue weighted by molar-refractivity contribution is 5.73. The van der Waals surface area contributed by atoms with Crippen LogP contribution in [0, 0.1) is 5.92 Å². The Bertz CT molecular complexity index is 335. The van der Waals surface area contributed by atoms with Crippen molar-refractivity contribution < 1.29 is 22.7 Å². The van der Waals surface area contributed by atoms with Crippen molar-refractivity contribution in [3.8, 4) is 0 Å². The predicted molar refractivity (Wildman–Crippen MR) is 95.2 cm³/mol. The molecule has 0 aromatic heterocycles. The van der Waals surface area contributed by atoms with Gasteiger partial charge in [0.15, 0.2) is 0 Å². The van der Waals surface area contributed by atoms with E-state index in [-0.39, 0.29) is 13.0 Å². The zero-order valence-electron chi connectivity index (χ0n) is 15.9. The van der Waals surface area contributed by atoms with Gasteiger partial charge in [0.05, 0.1) is 12.5 Å². The van der Waals surface area contributed by atoms with Crippen molar-refractivity contribution in [2.45, 2.75) is 103 Å². The molecule has 0 radical (unpaired) electrons. The first-order valence-corrected chi connectivity index (χ1v) is 9.83. The van der Waals surface area contributed by atoms with Crippen LogP contribution in [-0.4, -0.2) is 24.8 Å². The molecule has 0 amide bonds. The molecule has 0 saturated heterocycles. The number of rotatable bonds is 15. The average molecular weight is 367 g/mol. The molecule has 0 aromatic rings. The highest BCUT2D eigenvalue weighted by atomic mass is 19.4. The van der Waals surface area contributed by atoms with Crippen LogP contribution in [0.2, 0.25) is 0 Å². The quantitative estimate of drug-likeness (QED) is 0.296. The Kier molecular flexibility index (Phi) is 13.9. The number of halogens is 3. The van der Waals surface area contributed by atoms with Gasteiger partial charge in [-0.25, -0.2) is 0 Å². The number of carbonyl (C=O) groups is 1. The van der Waals surface area contributed by atoms with Crippen LogP contribution in [0.15, 0.2) is 0 Å². The van der Waals surface area contributed by atoms with Crippen molar-refractivity contribution in [2.75, 3.05) is 6.61 Å². The third-order valence-electron chi connectivity index (χ3n) is 4.48. The maximum atomic E-state index is 12.9. The van der Waals surface area contributed by atoms with Crippen LogP contribution in [0.3, 0.4) is 0 Å². The van der Waals surface area contributed by atoms with Crippen LogP contribution in [0.5, 0.6) is 0 Å². The number of hydrogen-bond acceptors (Lipinski definition) is 3. The Balaban J connectivity index is 4.16. The number of ether oxygens (including phenoxy) is 1. The number of unbranched alkanes of at least 4 members (excludes halogenated alkanes) is 9. The summed E-state index contributed by atoms with van der Waals surface area (Å²) in [5.41, 5.74) is 5.28. The molecule has 0 aromatic carbocycles. The number of nitrogens with two attached hydrogens (primary N) is 1. The van der Waals surface area contributed by atoms with Crippen molar-refractivity contribution in [1.82, 2.24) is 0 Å². The molecule has 3 nitrogen and oxygen atoms in total. The van der Waals surface area contributed by atoms with E-state index >= 15 is 0 Å². The smallest absolute Gasteiger partial charge is 0.404 e. The number of carbonyl (C=O) groups excluding carboxylic acids is 1. The molecule has 150 valence electrons. The van der Waals surface area contributed by atoms with Gasteiger partial charge in [0.2, 0.25) is 0 Å². The second-order valence-electron chi connectivity index (χ2n) is 6.81. The van der Waals surface area contributed by atoms with Gasteiger partial charge in [-0.3, -0.25) is 4.79 Å². The van der Waals surface area contributed by atoms with Gasteiger partial charge in [0.1, 0.15) is 6.04 Å². The van der Waals surface area contributed by atoms with Gasteiger partial charge in [-0.15, -0.1) is 0 Å². The lowest BCUT2D eigenvalue weighted by molar-refractivity contribution is -0.177. The van der Waals surface area contributed by atoms with Gasteiger partial charge in [-0.2, -0.15) is 13.2 Å². The molecule has 0 bridgehead atoms. The monoisotopic (exact) mass is 367 g/mol. The van der Waals surface area contributed by atoms with E-state index in [2.05, 4.69) is 6.92 Å². The lowest BCUT2D eigenvalue weighted by Crippen LogP contribution is -2.47. The van der Waals surface area contributed by atoms with E-state index in [1.165, 1.54) is 32.1 Å². The van der Waals surface area contributed by atoms with Crippen LogP contribution in [0.25, 0.3) is 0 Å². The van der Waals surface area contributed by atoms with Gasteiger partial charge in [0, 0.05) is 0 Å². The molecular formula is C19H36F3NO2. The van der Waals surface area contributed by atoms with Crippen molar-refractivity contribution in [2.24, 2.45) is 11.7 Å². The summed E-state index contributed by atoms with van der Waals surface area (Å²) in [5, 5.41) is 0. The minimum Gasteiger partial charge on any atom is -0.465 e. The van der Waals surface area contributed by atoms with Crippen LogP contribution >= 0.6 is 0 Å². The summed E-state index contributed by atoms with van der Waals surface area (Å²) in [7, 11) is 0. The normalized spacial score (nSPS) is 14.3. The average Bonchev–Trinajstić information content (AvgIpc) is 2.55. The largest absolute Gasteiger partial charge is 0.465 e. The minimum atomic E-state index is -4.58. The Morgan fingerprint density at radius 3 is 1.84 bits per heavy atom. The van der Waals surface area contributed by atoms with Gasteiger partial charge in [0.25, 0.3) is 0 Å². The first-order chi connectivity index (χ1) is 11.8. The SMILES string of the molecule is CCCCCCCCCCC[C@@H](C(=O)OCCCC)[C@@H](N)C(F)(F)F. The Morgan fingerprint density at radius 2 is 1.36 bits per heavy atom. The summed E-state index contributed by atoms with van der Waals surface area (Å²) in [6.07, 6.45) is 6.65. The van der Waals surface area contributed by atoms with Crippen LogP contribution < -0.4 is 5.73 Å². The molecule has 0 heterocycles. The molecule has 0 saturated carbocycles. The molecule has 0 aliphatic heterocycles. The molecular weight excluding hydrogens is 331 g/mol. The fourth-order valence-corrected chi connectivity index (χ4v) is 2.77. The van der Waals surface area contributed by atoms with E-state index < -0.39 is 24.1 Å². The van der Waals surface area contributed by atoms with E-state index in [1.807, 2.05) is 6.92 Å². The standard InChI is InChI=1S/C19H36F3NO2/c1-3-5-7-8-9-10-11-12-13-14-16(17(23)19(20,21)22)18(24)25-15-6-4-2/h16-17H,3-15,23H2,1-2H3/t16-,17-/m1/s1. The van der Waals surface area contributed by atoms with Gasteiger partial charge >= 0.3 is 12.1 Å². The molecule has 0 fully saturated rings. The van der Waals surface area contributed by atoms with Gasteiger partial charge in [-0.1, -0.05) is 78.1 Å². The number of alkyl halides is 3. The van der Waals surface area contributed by atoms with E-state index in [0.29, 0.717) is 12.8 Å². The molecule has 25 heavy (non-hydrogen) atoms. The molecule has 0 aliphatic carbocycles. The molecule has 2 atom stereocenters. The fourth-order valence-electron chi connectivity index (χ4n) is 2.77. The minimum absolute atomic E-state index is 0.140. The molecule has 0 unspecified atom stereocenters.